The number of carbonyl (C=O) groups is 2. The summed E-state index contributed by atoms with van der Waals surface area (Å²) in [5, 5.41) is 0. The van der Waals surface area contributed by atoms with Crippen molar-refractivity contribution in [3.63, 3.8) is 0 Å². The van der Waals surface area contributed by atoms with Gasteiger partial charge in [-0.05, 0) is 24.3 Å². The van der Waals surface area contributed by atoms with Crippen molar-refractivity contribution in [3.05, 3.63) is 11.8 Å². The average Bonchev–Trinajstić information content (AvgIpc) is 3.15. The van der Waals surface area contributed by atoms with Crippen LogP contribution >= 0.6 is 0 Å². The van der Waals surface area contributed by atoms with Crippen LogP contribution in [0.5, 0.6) is 0 Å². The van der Waals surface area contributed by atoms with Crippen molar-refractivity contribution in [1.82, 2.24) is 0 Å². The molecule has 128 valence electrons. The number of allylic oxidation sites excluding steroid dienone is 1. The summed E-state index contributed by atoms with van der Waals surface area (Å²) in [4.78, 5) is 26.6. The molecule has 0 aromatic heterocycles. The van der Waals surface area contributed by atoms with E-state index in [9.17, 15) is 9.59 Å². The molecular weight excluding hydrogens is 308 g/mol. The minimum Gasteiger partial charge on any atom is -0.500 e. The molecular formula is C18H28O4Si. The van der Waals surface area contributed by atoms with E-state index in [2.05, 4.69) is 33.5 Å². The molecule has 1 spiro atoms. The van der Waals surface area contributed by atoms with Gasteiger partial charge in [0.1, 0.15) is 17.0 Å². The van der Waals surface area contributed by atoms with Crippen molar-refractivity contribution in [1.29, 1.82) is 0 Å². The lowest BCUT2D eigenvalue weighted by Crippen LogP contribution is -2.52. The van der Waals surface area contributed by atoms with E-state index in [4.69, 9.17) is 9.47 Å². The number of carbonyl (C=O) groups excluding carboxylic acids is 2. The van der Waals surface area contributed by atoms with E-state index >= 15 is 0 Å². The monoisotopic (exact) mass is 336 g/mol. The first-order chi connectivity index (χ1) is 10.5. The Hall–Kier alpha value is -1.10. The molecule has 0 radical (unpaired) electrons. The summed E-state index contributed by atoms with van der Waals surface area (Å²) in [5.74, 6) is 0.549. The second-order valence-electron chi connectivity index (χ2n) is 9.12. The number of ketones is 1. The van der Waals surface area contributed by atoms with Gasteiger partial charge in [0.05, 0.1) is 22.3 Å². The molecule has 3 aliphatic carbocycles. The predicted octanol–water partition coefficient (Wildman–Crippen LogP) is 3.40. The molecule has 0 aromatic rings. The fourth-order valence-corrected chi connectivity index (χ4v) is 8.73. The Morgan fingerprint density at radius 1 is 1.22 bits per heavy atom. The smallest absolute Gasteiger partial charge is 0.320 e. The summed E-state index contributed by atoms with van der Waals surface area (Å²) in [5.41, 5.74) is -1.77. The van der Waals surface area contributed by atoms with Gasteiger partial charge in [-0.25, -0.2) is 0 Å². The van der Waals surface area contributed by atoms with Crippen molar-refractivity contribution >= 4 is 19.8 Å². The van der Waals surface area contributed by atoms with Crippen LogP contribution in [0.15, 0.2) is 11.8 Å². The van der Waals surface area contributed by atoms with Gasteiger partial charge in [-0.1, -0.05) is 33.5 Å². The summed E-state index contributed by atoms with van der Waals surface area (Å²) >= 11 is 0. The van der Waals surface area contributed by atoms with Crippen molar-refractivity contribution in [2.24, 2.45) is 22.2 Å². The summed E-state index contributed by atoms with van der Waals surface area (Å²) in [6.45, 7) is 10.7. The minimum absolute atomic E-state index is 0.107. The van der Waals surface area contributed by atoms with Crippen molar-refractivity contribution < 1.29 is 19.1 Å². The molecule has 0 amide bonds. The lowest BCUT2D eigenvalue weighted by molar-refractivity contribution is -0.158. The van der Waals surface area contributed by atoms with Crippen LogP contribution in [0.2, 0.25) is 25.2 Å². The third-order valence-electron chi connectivity index (χ3n) is 6.36. The van der Waals surface area contributed by atoms with Gasteiger partial charge in [0.15, 0.2) is 0 Å². The number of methoxy groups -OCH3 is 2. The highest BCUT2D eigenvalue weighted by atomic mass is 28.3. The fraction of sp³-hybridized carbons (Fsp3) is 0.778. The average molecular weight is 337 g/mol. The quantitative estimate of drug-likeness (QED) is 0.585. The number of rotatable bonds is 3. The summed E-state index contributed by atoms with van der Waals surface area (Å²) in [7, 11) is 1.08. The van der Waals surface area contributed by atoms with E-state index < -0.39 is 13.5 Å². The van der Waals surface area contributed by atoms with Crippen LogP contribution in [-0.2, 0) is 19.1 Å². The Labute approximate surface area is 139 Å². The van der Waals surface area contributed by atoms with Crippen LogP contribution in [0.25, 0.3) is 0 Å². The van der Waals surface area contributed by atoms with Gasteiger partial charge in [0.25, 0.3) is 0 Å². The first kappa shape index (κ1) is 16.7. The molecule has 0 aliphatic heterocycles. The second kappa shape index (κ2) is 4.50. The van der Waals surface area contributed by atoms with Gasteiger partial charge < -0.3 is 9.47 Å². The van der Waals surface area contributed by atoms with E-state index in [0.717, 1.165) is 12.8 Å². The lowest BCUT2D eigenvalue weighted by atomic mass is 9.59. The van der Waals surface area contributed by atoms with Crippen LogP contribution in [0.3, 0.4) is 0 Å². The summed E-state index contributed by atoms with van der Waals surface area (Å²) in [6, 6.07) is 0. The molecule has 3 aliphatic rings. The molecule has 0 unspecified atom stereocenters. The van der Waals surface area contributed by atoms with Gasteiger partial charge in [-0.2, -0.15) is 0 Å². The topological polar surface area (TPSA) is 52.6 Å². The largest absolute Gasteiger partial charge is 0.500 e. The molecule has 0 heterocycles. The number of ether oxygens (including phenoxy) is 2. The highest BCUT2D eigenvalue weighted by Crippen LogP contribution is 2.81. The Kier molecular flexibility index (Phi) is 3.27. The molecule has 2 bridgehead atoms. The third-order valence-corrected chi connectivity index (χ3v) is 8.81. The molecule has 2 saturated carbocycles. The van der Waals surface area contributed by atoms with E-state index in [1.165, 1.54) is 7.11 Å². The van der Waals surface area contributed by atoms with Gasteiger partial charge >= 0.3 is 5.97 Å². The first-order valence-electron chi connectivity index (χ1n) is 8.40. The molecule has 4 nitrogen and oxygen atoms in total. The van der Waals surface area contributed by atoms with Crippen LogP contribution < -0.4 is 0 Å². The number of Topliss-reactive ketones (excluding diaryl/α,β-unsaturated/α-hetero) is 1. The summed E-state index contributed by atoms with van der Waals surface area (Å²) in [6.07, 6.45) is 3.84. The molecule has 0 aromatic carbocycles. The molecule has 0 saturated heterocycles. The van der Waals surface area contributed by atoms with Crippen molar-refractivity contribution in [3.8, 4) is 0 Å². The Balaban J connectivity index is 2.38. The number of hydrogen-bond donors (Lipinski definition) is 0. The zero-order valence-electron chi connectivity index (χ0n) is 15.3. The maximum absolute atomic E-state index is 13.5. The first-order valence-corrected chi connectivity index (χ1v) is 12.0. The van der Waals surface area contributed by atoms with E-state index in [0.29, 0.717) is 5.76 Å². The molecule has 3 atom stereocenters. The molecule has 5 heteroatoms. The van der Waals surface area contributed by atoms with Gasteiger partial charge in [0.2, 0.25) is 0 Å². The van der Waals surface area contributed by atoms with Crippen molar-refractivity contribution in [2.45, 2.75) is 51.9 Å². The van der Waals surface area contributed by atoms with Crippen LogP contribution in [0, 0.1) is 22.2 Å². The fourth-order valence-electron chi connectivity index (χ4n) is 5.87. The third kappa shape index (κ3) is 1.72. The van der Waals surface area contributed by atoms with E-state index in [1.807, 2.05) is 6.08 Å². The van der Waals surface area contributed by atoms with E-state index in [1.54, 1.807) is 7.11 Å². The van der Waals surface area contributed by atoms with Crippen LogP contribution in [0.1, 0.15) is 26.7 Å². The highest BCUT2D eigenvalue weighted by Gasteiger charge is 2.84. The van der Waals surface area contributed by atoms with Crippen molar-refractivity contribution in [2.75, 3.05) is 14.2 Å². The maximum atomic E-state index is 13.5. The zero-order chi connectivity index (χ0) is 17.4. The van der Waals surface area contributed by atoms with Gasteiger partial charge in [-0.15, -0.1) is 0 Å². The van der Waals surface area contributed by atoms with Crippen LogP contribution in [-0.4, -0.2) is 34.0 Å². The van der Waals surface area contributed by atoms with Gasteiger partial charge in [0, 0.05) is 16.9 Å². The SMILES string of the molecule is COC(=O)[C@@]12C(OC)=CC(C)(C)[C@@H](C(=O)[C@H]1[Si](C)(C)C)C21CC1. The molecule has 3 rings (SSSR count). The Morgan fingerprint density at radius 2 is 1.78 bits per heavy atom. The molecule has 23 heavy (non-hydrogen) atoms. The maximum Gasteiger partial charge on any atom is 0.320 e. The standard InChI is InChI=1S/C18H28O4Si/c1-16(2)10-11(21-3)18(15(20)22-4)14(23(5,6)7)12(19)13(16)17(18)8-9-17/h10,13-14H,8-9H2,1-7H3/t13-,14-,18-/m1/s1. The highest BCUT2D eigenvalue weighted by molar-refractivity contribution is 6.81. The summed E-state index contributed by atoms with van der Waals surface area (Å²) < 4.78 is 11.0. The zero-order valence-corrected chi connectivity index (χ0v) is 16.3. The second-order valence-corrected chi connectivity index (χ2v) is 14.4. The number of esters is 1. The Bertz CT molecular complexity index is 609. The normalized spacial score (nSPS) is 36.7. The number of hydrogen-bond acceptors (Lipinski definition) is 4. The predicted molar refractivity (Wildman–Crippen MR) is 90.6 cm³/mol. The molecule has 2 fully saturated rings. The minimum atomic E-state index is -1.97. The Morgan fingerprint density at radius 3 is 2.17 bits per heavy atom. The molecule has 0 N–H and O–H groups in total. The van der Waals surface area contributed by atoms with Crippen LogP contribution in [0.4, 0.5) is 0 Å². The van der Waals surface area contributed by atoms with E-state index in [-0.39, 0.29) is 34.0 Å². The van der Waals surface area contributed by atoms with Gasteiger partial charge in [-0.3, -0.25) is 9.59 Å². The lowest BCUT2D eigenvalue weighted by Gasteiger charge is -2.47.